The first kappa shape index (κ1) is 21.5. The van der Waals surface area contributed by atoms with Crippen molar-refractivity contribution in [3.63, 3.8) is 0 Å². The van der Waals surface area contributed by atoms with Gasteiger partial charge in [-0.1, -0.05) is 6.08 Å². The molecule has 0 saturated carbocycles. The molecule has 1 aromatic carbocycles. The Hall–Kier alpha value is -3.32. The molecular weight excluding hydrogens is 467 g/mol. The van der Waals surface area contributed by atoms with Crippen molar-refractivity contribution in [2.75, 3.05) is 19.8 Å². The van der Waals surface area contributed by atoms with Crippen molar-refractivity contribution in [1.82, 2.24) is 4.98 Å². The fraction of sp³-hybridized carbons (Fsp3) is 0.300. The third kappa shape index (κ3) is 3.56. The van der Waals surface area contributed by atoms with Crippen molar-refractivity contribution in [3.8, 4) is 17.4 Å². The minimum atomic E-state index is -5.87. The highest BCUT2D eigenvalue weighted by atomic mass is 32.2. The Balaban J connectivity index is 1.63. The van der Waals surface area contributed by atoms with E-state index in [2.05, 4.69) is 14.2 Å². The molecular formula is C20H16F3N3O6S. The molecule has 0 fully saturated rings. The number of hydrogen-bond acceptors (Lipinski definition) is 9. The lowest BCUT2D eigenvalue weighted by atomic mass is 9.81. The van der Waals surface area contributed by atoms with Crippen molar-refractivity contribution in [2.24, 2.45) is 10.7 Å². The van der Waals surface area contributed by atoms with Crippen LogP contribution in [0.1, 0.15) is 23.1 Å². The fourth-order valence-electron chi connectivity index (χ4n) is 3.90. The maximum Gasteiger partial charge on any atom is 0.534 e. The van der Waals surface area contributed by atoms with E-state index < -0.39 is 26.9 Å². The average molecular weight is 483 g/mol. The minimum absolute atomic E-state index is 0.0923. The van der Waals surface area contributed by atoms with E-state index in [0.717, 1.165) is 23.3 Å². The number of hydrogen-bond donors (Lipinski definition) is 1. The molecule has 9 nitrogen and oxygen atoms in total. The van der Waals surface area contributed by atoms with E-state index in [1.54, 1.807) is 12.3 Å². The molecule has 0 unspecified atom stereocenters. The molecule has 4 heterocycles. The third-order valence-electron chi connectivity index (χ3n) is 5.45. The highest BCUT2D eigenvalue weighted by Gasteiger charge is 2.50. The number of alkyl halides is 3. The maximum absolute atomic E-state index is 12.8. The van der Waals surface area contributed by atoms with E-state index >= 15 is 0 Å². The Kier molecular flexibility index (Phi) is 4.79. The summed E-state index contributed by atoms with van der Waals surface area (Å²) in [5.74, 6) is -0.140. The number of nitrogens with zero attached hydrogens (tertiary/aromatic N) is 2. The average Bonchev–Trinajstić information content (AvgIpc) is 3.16. The summed E-state index contributed by atoms with van der Waals surface area (Å²) in [6, 6.07) is 5.10. The van der Waals surface area contributed by atoms with E-state index in [-0.39, 0.29) is 29.8 Å². The molecule has 1 atom stereocenters. The van der Waals surface area contributed by atoms with Crippen LogP contribution >= 0.6 is 0 Å². The number of ether oxygens (including phenoxy) is 3. The van der Waals surface area contributed by atoms with Crippen LogP contribution in [0.4, 0.5) is 13.2 Å². The van der Waals surface area contributed by atoms with Gasteiger partial charge in [0.25, 0.3) is 6.02 Å². The second-order valence-corrected chi connectivity index (χ2v) is 9.01. The van der Waals surface area contributed by atoms with E-state index in [9.17, 15) is 21.6 Å². The molecule has 0 aliphatic carbocycles. The third-order valence-corrected chi connectivity index (χ3v) is 6.43. The monoisotopic (exact) mass is 483 g/mol. The van der Waals surface area contributed by atoms with E-state index in [0.29, 0.717) is 25.2 Å². The number of aromatic nitrogens is 1. The fourth-order valence-corrected chi connectivity index (χ4v) is 4.35. The van der Waals surface area contributed by atoms with Gasteiger partial charge in [0.05, 0.1) is 18.8 Å². The summed E-state index contributed by atoms with van der Waals surface area (Å²) in [5, 5.41) is 0. The smallest absolute Gasteiger partial charge is 0.462 e. The van der Waals surface area contributed by atoms with Crippen LogP contribution in [-0.2, 0) is 25.1 Å². The number of benzene rings is 1. The van der Waals surface area contributed by atoms with E-state index in [1.807, 2.05) is 6.08 Å². The van der Waals surface area contributed by atoms with Gasteiger partial charge in [-0.05, 0) is 41.8 Å². The van der Waals surface area contributed by atoms with Crippen LogP contribution < -0.4 is 14.7 Å². The summed E-state index contributed by atoms with van der Waals surface area (Å²) in [6.45, 7) is 0.917. The highest BCUT2D eigenvalue weighted by Crippen LogP contribution is 2.51. The van der Waals surface area contributed by atoms with Crippen molar-refractivity contribution >= 4 is 21.7 Å². The van der Waals surface area contributed by atoms with Crippen molar-refractivity contribution in [1.29, 1.82) is 0 Å². The van der Waals surface area contributed by atoms with Crippen LogP contribution in [0.15, 0.2) is 41.5 Å². The van der Waals surface area contributed by atoms with Gasteiger partial charge < -0.3 is 24.1 Å². The predicted octanol–water partition coefficient (Wildman–Crippen LogP) is 2.81. The van der Waals surface area contributed by atoms with Crippen molar-refractivity contribution < 1.29 is 40.0 Å². The lowest BCUT2D eigenvalue weighted by molar-refractivity contribution is -0.0500. The van der Waals surface area contributed by atoms with Gasteiger partial charge in [0.15, 0.2) is 5.54 Å². The van der Waals surface area contributed by atoms with Gasteiger partial charge in [-0.15, -0.1) is 0 Å². The van der Waals surface area contributed by atoms with Crippen molar-refractivity contribution in [2.45, 2.75) is 17.5 Å². The Labute approximate surface area is 185 Å². The molecule has 3 aliphatic heterocycles. The maximum atomic E-state index is 12.8. The van der Waals surface area contributed by atoms with Crippen LogP contribution in [0.5, 0.6) is 17.4 Å². The largest absolute Gasteiger partial charge is 0.534 e. The van der Waals surface area contributed by atoms with Crippen molar-refractivity contribution in [3.05, 3.63) is 53.2 Å². The Morgan fingerprint density at radius 3 is 2.67 bits per heavy atom. The molecule has 5 rings (SSSR count). The number of pyridine rings is 1. The number of rotatable bonds is 3. The van der Waals surface area contributed by atoms with Gasteiger partial charge in [-0.2, -0.15) is 21.6 Å². The summed E-state index contributed by atoms with van der Waals surface area (Å²) >= 11 is 0. The van der Waals surface area contributed by atoms with Crippen LogP contribution in [0.25, 0.3) is 5.57 Å². The topological polar surface area (TPSA) is 122 Å². The normalized spacial score (nSPS) is 21.9. The molecule has 3 aliphatic rings. The first-order valence-corrected chi connectivity index (χ1v) is 11.1. The zero-order chi connectivity index (χ0) is 23.4. The number of aliphatic imine (C=N–C) groups is 1. The van der Waals surface area contributed by atoms with Gasteiger partial charge in [0.1, 0.15) is 18.1 Å². The lowest BCUT2D eigenvalue weighted by Gasteiger charge is -2.33. The quantitative estimate of drug-likeness (QED) is 0.523. The van der Waals surface area contributed by atoms with Crippen LogP contribution in [0, 0.1) is 0 Å². The molecule has 0 radical (unpaired) electrons. The van der Waals surface area contributed by atoms with Crippen LogP contribution in [0.2, 0.25) is 0 Å². The zero-order valence-corrected chi connectivity index (χ0v) is 17.6. The molecule has 0 amide bonds. The Bertz CT molecular complexity index is 1310. The van der Waals surface area contributed by atoms with Gasteiger partial charge in [-0.3, -0.25) is 0 Å². The Morgan fingerprint density at radius 2 is 2.00 bits per heavy atom. The summed E-state index contributed by atoms with van der Waals surface area (Å²) in [5.41, 5.74) is 1.38. The standard InChI is InChI=1S/C20H16F3N3O6S/c21-20(22,23)33(27,28)32-13-1-2-16-14(8-13)19(10-30-18(24)26-19)15-7-12(9-25-17(15)31-16)11-3-5-29-6-4-11/h1-3,7-9H,4-6,10H2,(H2,24,26)/t19-/m0/s1. The molecule has 33 heavy (non-hydrogen) atoms. The van der Waals surface area contributed by atoms with Gasteiger partial charge in [0.2, 0.25) is 5.88 Å². The van der Waals surface area contributed by atoms with Crippen LogP contribution in [-0.4, -0.2) is 44.8 Å². The Morgan fingerprint density at radius 1 is 1.18 bits per heavy atom. The molecule has 0 bridgehead atoms. The highest BCUT2D eigenvalue weighted by molar-refractivity contribution is 7.88. The molecule has 0 saturated heterocycles. The summed E-state index contributed by atoms with van der Waals surface area (Å²) in [7, 11) is -5.87. The molecule has 2 N–H and O–H groups in total. The van der Waals surface area contributed by atoms with Gasteiger partial charge in [-0.25, -0.2) is 9.98 Å². The molecule has 2 aromatic rings. The van der Waals surface area contributed by atoms with Crippen LogP contribution in [0.3, 0.4) is 0 Å². The number of amidine groups is 1. The first-order valence-electron chi connectivity index (χ1n) is 9.68. The number of halogens is 3. The van der Waals surface area contributed by atoms with E-state index in [4.69, 9.17) is 19.9 Å². The lowest BCUT2D eigenvalue weighted by Crippen LogP contribution is -2.32. The molecule has 174 valence electrons. The summed E-state index contributed by atoms with van der Waals surface area (Å²) < 4.78 is 82.3. The number of fused-ring (bicyclic) bond motifs is 4. The first-order chi connectivity index (χ1) is 15.6. The second kappa shape index (κ2) is 7.35. The van der Waals surface area contributed by atoms with Gasteiger partial charge >= 0.3 is 15.6 Å². The summed E-state index contributed by atoms with van der Waals surface area (Å²) in [6.07, 6.45) is 4.24. The second-order valence-electron chi connectivity index (χ2n) is 7.47. The SMILES string of the molecule is NC1=N[C@@]2(CO1)c1cc(OS(=O)(=O)C(F)(F)F)ccc1Oc1ncc(C3=CCOCC3)cc12. The zero-order valence-electron chi connectivity index (χ0n) is 16.8. The molecule has 1 spiro atoms. The minimum Gasteiger partial charge on any atom is -0.462 e. The van der Waals surface area contributed by atoms with Gasteiger partial charge in [0, 0.05) is 11.8 Å². The van der Waals surface area contributed by atoms with E-state index in [1.165, 1.54) is 6.07 Å². The predicted molar refractivity (Wildman–Crippen MR) is 108 cm³/mol. The number of nitrogens with two attached hydrogens (primary N) is 1. The molecule has 13 heteroatoms. The molecule has 1 aromatic heterocycles. The summed E-state index contributed by atoms with van der Waals surface area (Å²) in [4.78, 5) is 8.82.